The van der Waals surface area contributed by atoms with Gasteiger partial charge in [0.15, 0.2) is 17.6 Å². The molecule has 5 N–H and O–H groups in total. The summed E-state index contributed by atoms with van der Waals surface area (Å²) in [6.07, 6.45) is -0.403. The van der Waals surface area contributed by atoms with Gasteiger partial charge in [-0.25, -0.2) is 9.59 Å². The second-order valence-corrected chi connectivity index (χ2v) is 6.06. The van der Waals surface area contributed by atoms with Gasteiger partial charge in [0.1, 0.15) is 6.04 Å². The summed E-state index contributed by atoms with van der Waals surface area (Å²) in [5, 5.41) is 29.2. The van der Waals surface area contributed by atoms with E-state index in [2.05, 4.69) is 20.8 Å². The van der Waals surface area contributed by atoms with Crippen molar-refractivity contribution >= 4 is 23.8 Å². The minimum atomic E-state index is -1.73. The summed E-state index contributed by atoms with van der Waals surface area (Å²) < 4.78 is 10.4. The number of aliphatic carboxylic acids is 2. The number of nitrogens with zero attached hydrogens (tertiary/aromatic N) is 2. The Hall–Kier alpha value is -3.06. The lowest BCUT2D eigenvalue weighted by Gasteiger charge is -2.20. The third-order valence-electron chi connectivity index (χ3n) is 3.87. The maximum absolute atomic E-state index is 12.1. The summed E-state index contributed by atoms with van der Waals surface area (Å²) in [6.45, 7) is 2.49. The molecule has 0 bridgehead atoms. The molecular formula is C15H21N5O8. The van der Waals surface area contributed by atoms with Gasteiger partial charge in [0, 0.05) is 13.0 Å². The van der Waals surface area contributed by atoms with Gasteiger partial charge >= 0.3 is 18.0 Å². The Morgan fingerprint density at radius 1 is 1.29 bits per heavy atom. The highest BCUT2D eigenvalue weighted by Gasteiger charge is 2.29. The topological polar surface area (TPSA) is 193 Å². The van der Waals surface area contributed by atoms with Crippen LogP contribution in [0.2, 0.25) is 0 Å². The van der Waals surface area contributed by atoms with Crippen LogP contribution in [-0.4, -0.2) is 69.9 Å². The highest BCUT2D eigenvalue weighted by Crippen LogP contribution is 2.20. The van der Waals surface area contributed by atoms with Crippen LogP contribution in [0.3, 0.4) is 0 Å². The Kier molecular flexibility index (Phi) is 7.40. The van der Waals surface area contributed by atoms with Gasteiger partial charge in [-0.15, -0.1) is 0 Å². The van der Waals surface area contributed by atoms with Crippen molar-refractivity contribution in [2.75, 3.05) is 19.8 Å². The van der Waals surface area contributed by atoms with Crippen LogP contribution in [0.25, 0.3) is 0 Å². The van der Waals surface area contributed by atoms with Crippen molar-refractivity contribution in [2.24, 2.45) is 0 Å². The lowest BCUT2D eigenvalue weighted by Crippen LogP contribution is -2.50. The Balaban J connectivity index is 2.09. The van der Waals surface area contributed by atoms with Gasteiger partial charge in [-0.05, 0) is 13.3 Å². The minimum absolute atomic E-state index is 0.0477. The number of carbonyl (C=O) groups excluding carboxylic acids is 2. The van der Waals surface area contributed by atoms with E-state index >= 15 is 0 Å². The Morgan fingerprint density at radius 3 is 2.61 bits per heavy atom. The molecule has 0 radical (unpaired) electrons. The summed E-state index contributed by atoms with van der Waals surface area (Å²) >= 11 is 0. The lowest BCUT2D eigenvalue weighted by atomic mass is 10.1. The standard InChI is InChI=1S/C15H21N5O8/c1-7(21)11(14(24)25)18-15(26)17-8(2-3-10(22)23)13-19-12(20-28-13)9-6-27-5-4-16-9/h8-9,11,16H,2-6H2,1H3,(H,22,23)(H,24,25)(H2,17,18,26)/t8-,9?,11-/m0/s1. The van der Waals surface area contributed by atoms with Gasteiger partial charge in [0.2, 0.25) is 5.89 Å². The van der Waals surface area contributed by atoms with E-state index in [1.54, 1.807) is 0 Å². The van der Waals surface area contributed by atoms with Crippen molar-refractivity contribution in [3.8, 4) is 0 Å². The largest absolute Gasteiger partial charge is 0.481 e. The van der Waals surface area contributed by atoms with Gasteiger partial charge in [-0.1, -0.05) is 5.16 Å². The third kappa shape index (κ3) is 5.99. The van der Waals surface area contributed by atoms with Gasteiger partial charge < -0.3 is 35.4 Å². The molecule has 3 atom stereocenters. The predicted molar refractivity (Wildman–Crippen MR) is 89.2 cm³/mol. The maximum Gasteiger partial charge on any atom is 0.334 e. The zero-order valence-electron chi connectivity index (χ0n) is 15.0. The first-order chi connectivity index (χ1) is 13.3. The summed E-state index contributed by atoms with van der Waals surface area (Å²) in [6, 6.07) is -4.03. The summed E-state index contributed by atoms with van der Waals surface area (Å²) in [5.41, 5.74) is 0. The molecule has 1 unspecified atom stereocenters. The number of carboxylic acids is 2. The molecule has 2 heterocycles. The molecule has 28 heavy (non-hydrogen) atoms. The van der Waals surface area contributed by atoms with Crippen molar-refractivity contribution in [1.82, 2.24) is 26.1 Å². The second kappa shape index (κ2) is 9.75. The van der Waals surface area contributed by atoms with Crippen LogP contribution in [0.5, 0.6) is 0 Å². The maximum atomic E-state index is 12.1. The molecule has 2 amide bonds. The van der Waals surface area contributed by atoms with Crippen LogP contribution >= 0.6 is 0 Å². The summed E-state index contributed by atoms with van der Waals surface area (Å²) in [7, 11) is 0. The van der Waals surface area contributed by atoms with Crippen LogP contribution in [0, 0.1) is 0 Å². The van der Waals surface area contributed by atoms with Crippen molar-refractivity contribution in [3.05, 3.63) is 11.7 Å². The highest BCUT2D eigenvalue weighted by atomic mass is 16.5. The van der Waals surface area contributed by atoms with Gasteiger partial charge in [0.05, 0.1) is 19.3 Å². The number of carboxylic acid groups (broad SMARTS) is 2. The lowest BCUT2D eigenvalue weighted by molar-refractivity contribution is -0.142. The van der Waals surface area contributed by atoms with E-state index in [0.717, 1.165) is 6.92 Å². The normalized spacial score (nSPS) is 18.7. The number of Topliss-reactive ketones (excluding diaryl/α,β-unsaturated/α-hetero) is 1. The molecule has 0 aliphatic carbocycles. The molecule has 13 heteroatoms. The molecule has 13 nitrogen and oxygen atoms in total. The molecule has 0 spiro atoms. The number of rotatable bonds is 9. The molecule has 1 aromatic heterocycles. The number of urea groups is 1. The first-order valence-electron chi connectivity index (χ1n) is 8.44. The van der Waals surface area contributed by atoms with E-state index in [-0.39, 0.29) is 30.6 Å². The Bertz CT molecular complexity index is 716. The number of ether oxygens (including phenoxy) is 1. The first kappa shape index (κ1) is 21.2. The van der Waals surface area contributed by atoms with E-state index in [4.69, 9.17) is 19.5 Å². The average molecular weight is 399 g/mol. The quantitative estimate of drug-likeness (QED) is 0.319. The van der Waals surface area contributed by atoms with Crippen LogP contribution < -0.4 is 16.0 Å². The minimum Gasteiger partial charge on any atom is -0.481 e. The number of aromatic nitrogens is 2. The fourth-order valence-corrected chi connectivity index (χ4v) is 2.46. The van der Waals surface area contributed by atoms with E-state index in [1.807, 2.05) is 5.32 Å². The molecule has 0 aromatic carbocycles. The van der Waals surface area contributed by atoms with E-state index in [1.165, 1.54) is 0 Å². The Labute approximate surface area is 158 Å². The number of ketones is 1. The number of nitrogens with one attached hydrogen (secondary N) is 3. The molecule has 0 saturated carbocycles. The van der Waals surface area contributed by atoms with Crippen LogP contribution in [0.4, 0.5) is 4.79 Å². The van der Waals surface area contributed by atoms with Crippen LogP contribution in [-0.2, 0) is 19.1 Å². The van der Waals surface area contributed by atoms with E-state index in [9.17, 15) is 19.2 Å². The smallest absolute Gasteiger partial charge is 0.334 e. The van der Waals surface area contributed by atoms with E-state index < -0.39 is 35.8 Å². The number of morpholine rings is 1. The Morgan fingerprint density at radius 2 is 2.04 bits per heavy atom. The van der Waals surface area contributed by atoms with Crippen molar-refractivity contribution in [2.45, 2.75) is 37.9 Å². The summed E-state index contributed by atoms with van der Waals surface area (Å²) in [5.74, 6) is -3.17. The number of hydrogen-bond acceptors (Lipinski definition) is 9. The average Bonchev–Trinajstić information content (AvgIpc) is 3.13. The number of carbonyl (C=O) groups is 4. The summed E-state index contributed by atoms with van der Waals surface area (Å²) in [4.78, 5) is 49.5. The second-order valence-electron chi connectivity index (χ2n) is 6.06. The fraction of sp³-hybridized carbons (Fsp3) is 0.600. The molecular weight excluding hydrogens is 378 g/mol. The SMILES string of the molecule is CC(=O)[C@H](NC(=O)N[C@@H](CCC(=O)O)c1nc(C2COCCN2)no1)C(=O)O. The third-order valence-corrected chi connectivity index (χ3v) is 3.87. The molecule has 1 aliphatic rings. The molecule has 1 aliphatic heterocycles. The number of hydrogen-bond donors (Lipinski definition) is 5. The number of amides is 2. The first-order valence-corrected chi connectivity index (χ1v) is 8.44. The fourth-order valence-electron chi connectivity index (χ4n) is 2.46. The zero-order chi connectivity index (χ0) is 20.7. The van der Waals surface area contributed by atoms with Gasteiger partial charge in [-0.3, -0.25) is 9.59 Å². The molecule has 2 rings (SSSR count). The highest BCUT2D eigenvalue weighted by molar-refractivity contribution is 6.03. The zero-order valence-corrected chi connectivity index (χ0v) is 15.0. The van der Waals surface area contributed by atoms with Crippen molar-refractivity contribution in [1.29, 1.82) is 0 Å². The van der Waals surface area contributed by atoms with Gasteiger partial charge in [-0.2, -0.15) is 4.98 Å². The monoisotopic (exact) mass is 399 g/mol. The van der Waals surface area contributed by atoms with E-state index in [0.29, 0.717) is 19.8 Å². The molecule has 1 fully saturated rings. The predicted octanol–water partition coefficient (Wildman–Crippen LogP) is -1.02. The van der Waals surface area contributed by atoms with Crippen LogP contribution in [0.15, 0.2) is 4.52 Å². The molecule has 154 valence electrons. The molecule has 1 saturated heterocycles. The molecule has 1 aromatic rings. The van der Waals surface area contributed by atoms with Crippen LogP contribution in [0.1, 0.15) is 43.6 Å². The van der Waals surface area contributed by atoms with Gasteiger partial charge in [0.25, 0.3) is 0 Å². The van der Waals surface area contributed by atoms with Crippen molar-refractivity contribution in [3.63, 3.8) is 0 Å². The van der Waals surface area contributed by atoms with Crippen molar-refractivity contribution < 1.29 is 38.7 Å².